The summed E-state index contributed by atoms with van der Waals surface area (Å²) < 4.78 is 34.8. The lowest BCUT2D eigenvalue weighted by Gasteiger charge is -2.18. The summed E-state index contributed by atoms with van der Waals surface area (Å²) in [7, 11) is 0. The predicted octanol–water partition coefficient (Wildman–Crippen LogP) is 6.24. The number of hydrogen-bond acceptors (Lipinski definition) is 5. The third-order valence-electron chi connectivity index (χ3n) is 5.36. The van der Waals surface area contributed by atoms with Gasteiger partial charge in [0, 0.05) is 35.8 Å². The number of urea groups is 1. The molecule has 4 rings (SSSR count). The Labute approximate surface area is 203 Å². The molecule has 176 valence electrons. The number of likely N-dealkylation sites (tertiary alicyclic amines) is 1. The number of benzene rings is 2. The van der Waals surface area contributed by atoms with Gasteiger partial charge in [0.15, 0.2) is 16.7 Å². The van der Waals surface area contributed by atoms with E-state index < -0.39 is 17.7 Å². The summed E-state index contributed by atoms with van der Waals surface area (Å²) in [6.45, 7) is 5.06. The highest BCUT2D eigenvalue weighted by molar-refractivity contribution is 7.22. The van der Waals surface area contributed by atoms with Gasteiger partial charge in [0.1, 0.15) is 11.9 Å². The highest BCUT2D eigenvalue weighted by Crippen LogP contribution is 2.37. The van der Waals surface area contributed by atoms with Gasteiger partial charge in [-0.15, -0.1) is 0 Å². The predicted molar refractivity (Wildman–Crippen MR) is 128 cm³/mol. The van der Waals surface area contributed by atoms with Crippen LogP contribution in [0.3, 0.4) is 0 Å². The molecule has 11 heteroatoms. The van der Waals surface area contributed by atoms with E-state index in [2.05, 4.69) is 20.5 Å². The molecule has 2 heterocycles. The molecule has 6 nitrogen and oxygen atoms in total. The number of thiazole rings is 1. The smallest absolute Gasteiger partial charge is 0.321 e. The zero-order valence-corrected chi connectivity index (χ0v) is 20.1. The topological polar surface area (TPSA) is 66.5 Å². The summed E-state index contributed by atoms with van der Waals surface area (Å²) in [5, 5.41) is 5.87. The van der Waals surface area contributed by atoms with Crippen LogP contribution in [0.5, 0.6) is 5.75 Å². The molecule has 1 saturated heterocycles. The zero-order valence-electron chi connectivity index (χ0n) is 17.8. The van der Waals surface area contributed by atoms with Gasteiger partial charge >= 0.3 is 6.03 Å². The van der Waals surface area contributed by atoms with Gasteiger partial charge in [-0.25, -0.2) is 18.6 Å². The first-order valence-corrected chi connectivity index (χ1v) is 12.1. The second-order valence-corrected chi connectivity index (χ2v) is 9.53. The average molecular weight is 515 g/mol. The van der Waals surface area contributed by atoms with Crippen LogP contribution in [0.4, 0.5) is 18.7 Å². The Morgan fingerprint density at radius 2 is 2.00 bits per heavy atom. The standard InChI is InChI=1S/C22H22Cl2F2N4O2S/c1-12(19-13(23)4-5-14(25)20(19)24)32-17-11-18-16(10-15(17)26)28-22(33-18)29-21(31)27-6-9-30-7-2-3-8-30/h4-5,10-12H,2-3,6-9H2,1H3,(H2,27,28,29,31). The monoisotopic (exact) mass is 514 g/mol. The van der Waals surface area contributed by atoms with E-state index in [0.717, 1.165) is 25.7 Å². The second-order valence-electron chi connectivity index (χ2n) is 7.72. The molecule has 0 saturated carbocycles. The molecule has 2 amide bonds. The van der Waals surface area contributed by atoms with Crippen molar-refractivity contribution >= 4 is 55.9 Å². The molecule has 33 heavy (non-hydrogen) atoms. The number of carbonyl (C=O) groups excluding carboxylic acids is 1. The van der Waals surface area contributed by atoms with Gasteiger partial charge in [0.05, 0.1) is 15.2 Å². The summed E-state index contributed by atoms with van der Waals surface area (Å²) in [5.41, 5.74) is 0.613. The number of nitrogens with zero attached hydrogens (tertiary/aromatic N) is 2. The molecule has 1 unspecified atom stereocenters. The van der Waals surface area contributed by atoms with E-state index in [1.54, 1.807) is 6.92 Å². The van der Waals surface area contributed by atoms with Crippen LogP contribution in [-0.2, 0) is 0 Å². The SMILES string of the molecule is CC(Oc1cc2sc(NC(=O)NCCN3CCCC3)nc2cc1F)c1c(Cl)ccc(F)c1Cl. The van der Waals surface area contributed by atoms with Gasteiger partial charge in [-0.05, 0) is 45.0 Å². The first-order valence-electron chi connectivity index (χ1n) is 10.5. The number of hydrogen-bond donors (Lipinski definition) is 2. The molecule has 2 aromatic carbocycles. The number of halogens is 4. The molecular formula is C22H22Cl2F2N4O2S. The van der Waals surface area contributed by atoms with E-state index in [1.165, 1.54) is 42.4 Å². The number of rotatable bonds is 7. The first kappa shape index (κ1) is 23.9. The van der Waals surface area contributed by atoms with Gasteiger partial charge in [0.2, 0.25) is 0 Å². The summed E-state index contributed by atoms with van der Waals surface area (Å²) >= 11 is 13.4. The van der Waals surface area contributed by atoms with Crippen molar-refractivity contribution in [1.29, 1.82) is 0 Å². The van der Waals surface area contributed by atoms with Gasteiger partial charge in [0.25, 0.3) is 0 Å². The molecule has 0 aliphatic carbocycles. The van der Waals surface area contributed by atoms with Crippen molar-refractivity contribution in [2.75, 3.05) is 31.5 Å². The van der Waals surface area contributed by atoms with E-state index in [0.29, 0.717) is 21.9 Å². The molecule has 0 bridgehead atoms. The number of fused-ring (bicyclic) bond motifs is 1. The van der Waals surface area contributed by atoms with E-state index in [-0.39, 0.29) is 27.4 Å². The molecule has 1 aromatic heterocycles. The number of nitrogens with one attached hydrogen (secondary N) is 2. The van der Waals surface area contributed by atoms with Gasteiger partial charge in [-0.1, -0.05) is 34.5 Å². The third kappa shape index (κ3) is 5.66. The number of aromatic nitrogens is 1. The maximum absolute atomic E-state index is 14.7. The average Bonchev–Trinajstić information content (AvgIpc) is 3.40. The molecule has 2 N–H and O–H groups in total. The minimum absolute atomic E-state index is 0.0586. The summed E-state index contributed by atoms with van der Waals surface area (Å²) in [6.07, 6.45) is 1.59. The Hall–Kier alpha value is -2.20. The van der Waals surface area contributed by atoms with E-state index in [1.807, 2.05) is 0 Å². The normalized spacial score (nSPS) is 15.1. The van der Waals surface area contributed by atoms with E-state index in [9.17, 15) is 13.6 Å². The van der Waals surface area contributed by atoms with Crippen molar-refractivity contribution in [3.63, 3.8) is 0 Å². The van der Waals surface area contributed by atoms with Crippen molar-refractivity contribution in [2.24, 2.45) is 0 Å². The number of carbonyl (C=O) groups is 1. The molecule has 0 spiro atoms. The molecular weight excluding hydrogens is 493 g/mol. The minimum Gasteiger partial charge on any atom is -0.483 e. The molecule has 1 atom stereocenters. The van der Waals surface area contributed by atoms with E-state index in [4.69, 9.17) is 27.9 Å². The number of amides is 2. The van der Waals surface area contributed by atoms with Crippen LogP contribution in [0.2, 0.25) is 10.0 Å². The first-order chi connectivity index (χ1) is 15.8. The van der Waals surface area contributed by atoms with Crippen molar-refractivity contribution in [3.05, 3.63) is 51.5 Å². The second kappa shape index (κ2) is 10.4. The Balaban J connectivity index is 1.43. The minimum atomic E-state index is -0.806. The Kier molecular flexibility index (Phi) is 7.53. The highest BCUT2D eigenvalue weighted by atomic mass is 35.5. The fourth-order valence-corrected chi connectivity index (χ4v) is 5.26. The fraction of sp³-hybridized carbons (Fsp3) is 0.364. The Morgan fingerprint density at radius 1 is 1.24 bits per heavy atom. The van der Waals surface area contributed by atoms with Crippen molar-refractivity contribution in [3.8, 4) is 5.75 Å². The summed E-state index contributed by atoms with van der Waals surface area (Å²) in [5.74, 6) is -1.35. The quantitative estimate of drug-likeness (QED) is 0.366. The van der Waals surface area contributed by atoms with Crippen molar-refractivity contribution in [1.82, 2.24) is 15.2 Å². The van der Waals surface area contributed by atoms with Gasteiger partial charge in [-0.3, -0.25) is 5.32 Å². The van der Waals surface area contributed by atoms with Crippen LogP contribution >= 0.6 is 34.5 Å². The van der Waals surface area contributed by atoms with Crippen molar-refractivity contribution < 1.29 is 18.3 Å². The van der Waals surface area contributed by atoms with Crippen LogP contribution in [-0.4, -0.2) is 42.1 Å². The molecule has 1 aliphatic heterocycles. The Bertz CT molecular complexity index is 1170. The lowest BCUT2D eigenvalue weighted by atomic mass is 10.1. The highest BCUT2D eigenvalue weighted by Gasteiger charge is 2.21. The van der Waals surface area contributed by atoms with Crippen LogP contribution in [0, 0.1) is 11.6 Å². The molecule has 1 aliphatic rings. The maximum Gasteiger partial charge on any atom is 0.321 e. The summed E-state index contributed by atoms with van der Waals surface area (Å²) in [4.78, 5) is 18.7. The zero-order chi connectivity index (χ0) is 23.5. The van der Waals surface area contributed by atoms with Crippen LogP contribution in [0.15, 0.2) is 24.3 Å². The van der Waals surface area contributed by atoms with Crippen LogP contribution < -0.4 is 15.4 Å². The number of ether oxygens (including phenoxy) is 1. The van der Waals surface area contributed by atoms with Gasteiger partial charge in [-0.2, -0.15) is 0 Å². The number of anilines is 1. The van der Waals surface area contributed by atoms with Crippen molar-refractivity contribution in [2.45, 2.75) is 25.9 Å². The van der Waals surface area contributed by atoms with Crippen LogP contribution in [0.25, 0.3) is 10.2 Å². The fourth-order valence-electron chi connectivity index (χ4n) is 3.71. The van der Waals surface area contributed by atoms with Crippen LogP contribution in [0.1, 0.15) is 31.4 Å². The van der Waals surface area contributed by atoms with E-state index >= 15 is 0 Å². The molecule has 1 fully saturated rings. The largest absolute Gasteiger partial charge is 0.483 e. The lowest BCUT2D eigenvalue weighted by molar-refractivity contribution is 0.216. The lowest BCUT2D eigenvalue weighted by Crippen LogP contribution is -2.35. The molecule has 3 aromatic rings. The summed E-state index contributed by atoms with van der Waals surface area (Å²) in [6, 6.07) is 4.86. The van der Waals surface area contributed by atoms with Gasteiger partial charge < -0.3 is 15.0 Å². The third-order valence-corrected chi connectivity index (χ3v) is 7.01. The Morgan fingerprint density at radius 3 is 2.76 bits per heavy atom. The maximum atomic E-state index is 14.7. The molecule has 0 radical (unpaired) electrons.